The predicted molar refractivity (Wildman–Crippen MR) is 344 cm³/mol. The molecule has 0 saturated carbocycles. The molecule has 0 aliphatic rings. The zero-order chi connectivity index (χ0) is 57.1. The summed E-state index contributed by atoms with van der Waals surface area (Å²) in [6, 6.07) is 0. The number of hydrogen-bond donors (Lipinski definition) is 0. The van der Waals surface area contributed by atoms with Gasteiger partial charge in [-0.15, -0.1) is 0 Å². The summed E-state index contributed by atoms with van der Waals surface area (Å²) in [6.07, 6.45) is 88.8. The minimum atomic E-state index is -0.783. The van der Waals surface area contributed by atoms with Crippen LogP contribution < -0.4 is 0 Å². The molecule has 1 atom stereocenters. The van der Waals surface area contributed by atoms with Gasteiger partial charge in [0, 0.05) is 19.3 Å². The molecule has 0 bridgehead atoms. The van der Waals surface area contributed by atoms with Crippen LogP contribution in [0, 0.1) is 0 Å². The first kappa shape index (κ1) is 75.6. The van der Waals surface area contributed by atoms with Crippen LogP contribution in [0.1, 0.15) is 342 Å². The Morgan fingerprint density at radius 1 is 0.266 bits per heavy atom. The number of hydrogen-bond acceptors (Lipinski definition) is 6. The molecule has 0 N–H and O–H groups in total. The lowest BCUT2D eigenvalue weighted by Gasteiger charge is -2.18. The van der Waals surface area contributed by atoms with Gasteiger partial charge in [0.25, 0.3) is 0 Å². The van der Waals surface area contributed by atoms with Crippen LogP contribution in [0.25, 0.3) is 0 Å². The van der Waals surface area contributed by atoms with Crippen molar-refractivity contribution < 1.29 is 28.6 Å². The average Bonchev–Trinajstić information content (AvgIpc) is 3.45. The van der Waals surface area contributed by atoms with Crippen molar-refractivity contribution in [2.24, 2.45) is 0 Å². The van der Waals surface area contributed by atoms with Crippen LogP contribution in [0.15, 0.2) is 85.1 Å². The van der Waals surface area contributed by atoms with Crippen molar-refractivity contribution in [2.75, 3.05) is 13.2 Å². The molecule has 0 heterocycles. The quantitative estimate of drug-likeness (QED) is 0.0261. The van der Waals surface area contributed by atoms with E-state index < -0.39 is 6.10 Å². The second kappa shape index (κ2) is 67.1. The summed E-state index contributed by atoms with van der Waals surface area (Å²) in [6.45, 7) is 6.53. The minimum Gasteiger partial charge on any atom is -0.462 e. The molecule has 0 aliphatic heterocycles. The van der Waals surface area contributed by atoms with E-state index in [9.17, 15) is 14.4 Å². The monoisotopic (exact) mass is 1100 g/mol. The van der Waals surface area contributed by atoms with E-state index in [2.05, 4.69) is 106 Å². The van der Waals surface area contributed by atoms with Gasteiger partial charge < -0.3 is 14.2 Å². The summed E-state index contributed by atoms with van der Waals surface area (Å²) in [5.41, 5.74) is 0. The van der Waals surface area contributed by atoms with E-state index in [0.717, 1.165) is 96.3 Å². The van der Waals surface area contributed by atoms with E-state index in [1.807, 2.05) is 0 Å². The molecule has 6 heteroatoms. The van der Waals surface area contributed by atoms with Gasteiger partial charge in [-0.25, -0.2) is 0 Å². The zero-order valence-corrected chi connectivity index (χ0v) is 52.4. The van der Waals surface area contributed by atoms with Gasteiger partial charge in [-0.3, -0.25) is 14.4 Å². The molecule has 0 radical (unpaired) electrons. The third-order valence-corrected chi connectivity index (χ3v) is 14.9. The lowest BCUT2D eigenvalue weighted by Crippen LogP contribution is -2.30. The molecule has 0 amide bonds. The van der Waals surface area contributed by atoms with Crippen LogP contribution in [0.4, 0.5) is 0 Å². The number of esters is 3. The maximum Gasteiger partial charge on any atom is 0.306 e. The lowest BCUT2D eigenvalue weighted by atomic mass is 10.0. The fraction of sp³-hybridized carbons (Fsp3) is 0.767. The summed E-state index contributed by atoms with van der Waals surface area (Å²) >= 11 is 0. The van der Waals surface area contributed by atoms with Gasteiger partial charge >= 0.3 is 17.9 Å². The molecule has 0 aromatic heterocycles. The van der Waals surface area contributed by atoms with Crippen molar-refractivity contribution in [3.05, 3.63) is 85.1 Å². The van der Waals surface area contributed by atoms with Gasteiger partial charge in [-0.2, -0.15) is 0 Å². The van der Waals surface area contributed by atoms with Crippen LogP contribution in [0.3, 0.4) is 0 Å². The van der Waals surface area contributed by atoms with Gasteiger partial charge in [-0.1, -0.05) is 292 Å². The summed E-state index contributed by atoms with van der Waals surface area (Å²) < 4.78 is 17.0. The van der Waals surface area contributed by atoms with Crippen molar-refractivity contribution in [1.29, 1.82) is 0 Å². The summed E-state index contributed by atoms with van der Waals surface area (Å²) in [7, 11) is 0. The molecule has 0 aromatic rings. The second-order valence-corrected chi connectivity index (χ2v) is 22.7. The molecule has 0 aromatic carbocycles. The van der Waals surface area contributed by atoms with Crippen LogP contribution in [0.2, 0.25) is 0 Å². The third kappa shape index (κ3) is 65.3. The molecule has 0 spiro atoms. The third-order valence-electron chi connectivity index (χ3n) is 14.9. The van der Waals surface area contributed by atoms with Gasteiger partial charge in [0.15, 0.2) is 6.10 Å². The van der Waals surface area contributed by atoms with E-state index in [-0.39, 0.29) is 31.1 Å². The summed E-state index contributed by atoms with van der Waals surface area (Å²) in [5, 5.41) is 0. The Kier molecular flexibility index (Phi) is 64.2. The first-order chi connectivity index (χ1) is 39.0. The van der Waals surface area contributed by atoms with Crippen molar-refractivity contribution in [2.45, 2.75) is 348 Å². The lowest BCUT2D eigenvalue weighted by molar-refractivity contribution is -0.167. The fourth-order valence-electron chi connectivity index (χ4n) is 9.76. The highest BCUT2D eigenvalue weighted by atomic mass is 16.6. The molecule has 0 saturated heterocycles. The average molecular weight is 1100 g/mol. The maximum absolute atomic E-state index is 12.9. The topological polar surface area (TPSA) is 78.9 Å². The van der Waals surface area contributed by atoms with Gasteiger partial charge in [0.1, 0.15) is 13.2 Å². The van der Waals surface area contributed by atoms with Crippen molar-refractivity contribution in [3.8, 4) is 0 Å². The molecule has 456 valence electrons. The smallest absolute Gasteiger partial charge is 0.306 e. The number of carbonyl (C=O) groups excluding carboxylic acids is 3. The van der Waals surface area contributed by atoms with Crippen molar-refractivity contribution in [3.63, 3.8) is 0 Å². The highest BCUT2D eigenvalue weighted by Gasteiger charge is 2.19. The predicted octanol–water partition coefficient (Wildman–Crippen LogP) is 23.4. The SMILES string of the molecule is CC/C=C\C/C=C\C/C=C\C/C=C\CCCCCCCCCCCCCCCCC(=O)OCC(COC(=O)CCCCCCC/C=C\CCCCCCCC)OC(=O)CCCCCCCCCCC/C=C\C/C=C\CCCCC. The first-order valence-electron chi connectivity index (χ1n) is 34.1. The number of unbranched alkanes of at least 4 members (excludes halogenated alkanes) is 37. The number of ether oxygens (including phenoxy) is 3. The molecule has 79 heavy (non-hydrogen) atoms. The minimum absolute atomic E-state index is 0.0786. The van der Waals surface area contributed by atoms with Gasteiger partial charge in [-0.05, 0) is 116 Å². The van der Waals surface area contributed by atoms with Crippen molar-refractivity contribution in [1.82, 2.24) is 0 Å². The van der Waals surface area contributed by atoms with Crippen LogP contribution in [0.5, 0.6) is 0 Å². The standard InChI is InChI=1S/C73H128O6/c1-4-7-10-13-16-19-22-25-28-30-32-33-34-35-36-37-38-39-41-42-45-48-51-54-57-60-63-66-72(75)78-69-70(68-77-71(74)65-62-59-56-53-50-47-44-27-24-21-18-15-12-9-6-3)79-73(76)67-64-61-58-55-52-49-46-43-40-31-29-26-23-20-17-14-11-8-5-2/h7,10,16-17,19-20,25-29,32-33,44,70H,4-6,8-9,11-15,18,21-24,30-31,34-43,45-69H2,1-3H3/b10-7-,19-16-,20-17-,28-25-,29-26-,33-32-,44-27-. The van der Waals surface area contributed by atoms with E-state index in [1.165, 1.54) is 205 Å². The Labute approximate surface area is 490 Å². The Hall–Kier alpha value is -3.41. The Bertz CT molecular complexity index is 1500. The Balaban J connectivity index is 4.30. The maximum atomic E-state index is 12.9. The van der Waals surface area contributed by atoms with Gasteiger partial charge in [0.2, 0.25) is 0 Å². The largest absolute Gasteiger partial charge is 0.462 e. The Morgan fingerprint density at radius 3 is 0.810 bits per heavy atom. The molecular formula is C73H128O6. The zero-order valence-electron chi connectivity index (χ0n) is 52.4. The molecule has 1 unspecified atom stereocenters. The number of carbonyl (C=O) groups is 3. The molecular weight excluding hydrogens is 973 g/mol. The van der Waals surface area contributed by atoms with Crippen LogP contribution in [-0.2, 0) is 28.6 Å². The number of rotatable bonds is 62. The van der Waals surface area contributed by atoms with Crippen LogP contribution in [-0.4, -0.2) is 37.2 Å². The molecule has 0 rings (SSSR count). The van der Waals surface area contributed by atoms with E-state index in [4.69, 9.17) is 14.2 Å². The molecule has 0 aliphatic carbocycles. The highest BCUT2D eigenvalue weighted by Crippen LogP contribution is 2.17. The summed E-state index contributed by atoms with van der Waals surface area (Å²) in [5.74, 6) is -0.875. The van der Waals surface area contributed by atoms with E-state index in [1.54, 1.807) is 0 Å². The molecule has 0 fully saturated rings. The highest BCUT2D eigenvalue weighted by molar-refractivity contribution is 5.71. The first-order valence-corrected chi connectivity index (χ1v) is 34.1. The Morgan fingerprint density at radius 2 is 0.494 bits per heavy atom. The normalized spacial score (nSPS) is 12.6. The van der Waals surface area contributed by atoms with Crippen molar-refractivity contribution >= 4 is 17.9 Å². The van der Waals surface area contributed by atoms with Gasteiger partial charge in [0.05, 0.1) is 0 Å². The molecule has 6 nitrogen and oxygen atoms in total. The number of allylic oxidation sites excluding steroid dienone is 14. The van der Waals surface area contributed by atoms with E-state index in [0.29, 0.717) is 19.3 Å². The van der Waals surface area contributed by atoms with Crippen LogP contribution >= 0.6 is 0 Å². The fourth-order valence-corrected chi connectivity index (χ4v) is 9.76. The van der Waals surface area contributed by atoms with E-state index >= 15 is 0 Å². The second-order valence-electron chi connectivity index (χ2n) is 22.7. The summed E-state index contributed by atoms with van der Waals surface area (Å²) in [4.78, 5) is 38.4.